The summed E-state index contributed by atoms with van der Waals surface area (Å²) < 4.78 is 11.3. The van der Waals surface area contributed by atoms with Gasteiger partial charge in [-0.2, -0.15) is 0 Å². The number of nitrogens with one attached hydrogen (secondary N) is 1. The molecule has 0 aromatic rings. The highest BCUT2D eigenvalue weighted by Gasteiger charge is 2.13. The molecule has 8 heteroatoms. The third-order valence-electron chi connectivity index (χ3n) is 12.1. The Balaban J connectivity index is 4.39. The van der Waals surface area contributed by atoms with Crippen molar-refractivity contribution in [2.75, 3.05) is 60.0 Å². The molecule has 0 heterocycles. The van der Waals surface area contributed by atoms with Gasteiger partial charge in [-0.3, -0.25) is 14.4 Å². The van der Waals surface area contributed by atoms with E-state index in [2.05, 4.69) is 50.0 Å². The third kappa shape index (κ3) is 44.4. The lowest BCUT2D eigenvalue weighted by molar-refractivity contribution is -0.145. The van der Waals surface area contributed by atoms with Crippen LogP contribution in [0.4, 0.5) is 0 Å². The predicted octanol–water partition coefficient (Wildman–Crippen LogP) is 13.8. The maximum atomic E-state index is 12.7. The smallest absolute Gasteiger partial charge is 0.305 e. The fourth-order valence-electron chi connectivity index (χ4n) is 8.09. The van der Waals surface area contributed by atoms with Crippen LogP contribution in [0.25, 0.3) is 0 Å². The van der Waals surface area contributed by atoms with Gasteiger partial charge in [0.25, 0.3) is 0 Å². The van der Waals surface area contributed by atoms with Crippen LogP contribution in [-0.2, 0) is 23.9 Å². The first-order valence-corrected chi connectivity index (χ1v) is 26.3. The summed E-state index contributed by atoms with van der Waals surface area (Å²) in [6.07, 6.45) is 41.6. The molecule has 0 fully saturated rings. The molecule has 0 aromatic heterocycles. The molecular weight excluding hydrogens is 747 g/mol. The molecule has 356 valence electrons. The molecule has 0 atom stereocenters. The van der Waals surface area contributed by atoms with Gasteiger partial charge < -0.3 is 24.6 Å². The van der Waals surface area contributed by atoms with E-state index in [0.29, 0.717) is 38.4 Å². The average molecular weight is 850 g/mol. The standard InChI is InChI=1S/C52H103N3O5/c1-6-9-12-15-18-24-31-39-51(57)59-47-35-28-20-19-26-33-44-55(46-41-50(56)53-42-36-43-54(4)5)45-34-27-21-25-32-40-52(58)60-48-49(37-29-22-16-13-10-7-2)38-30-23-17-14-11-8-3/h49H,6-48H2,1-5H3,(H,53,56). The van der Waals surface area contributed by atoms with Crippen LogP contribution in [0.1, 0.15) is 252 Å². The number of esters is 2. The van der Waals surface area contributed by atoms with Crippen LogP contribution in [-0.4, -0.2) is 87.7 Å². The molecule has 0 aliphatic carbocycles. The van der Waals surface area contributed by atoms with E-state index in [1.54, 1.807) is 0 Å². The van der Waals surface area contributed by atoms with E-state index in [0.717, 1.165) is 103 Å². The van der Waals surface area contributed by atoms with Gasteiger partial charge in [-0.25, -0.2) is 0 Å². The van der Waals surface area contributed by atoms with E-state index in [1.807, 2.05) is 0 Å². The van der Waals surface area contributed by atoms with Crippen LogP contribution in [0.2, 0.25) is 0 Å². The Labute approximate surface area is 373 Å². The summed E-state index contributed by atoms with van der Waals surface area (Å²) in [4.78, 5) is 42.0. The van der Waals surface area contributed by atoms with Crippen molar-refractivity contribution in [3.05, 3.63) is 0 Å². The van der Waals surface area contributed by atoms with Crippen molar-refractivity contribution in [1.82, 2.24) is 15.1 Å². The van der Waals surface area contributed by atoms with Gasteiger partial charge in [0.1, 0.15) is 0 Å². The Bertz CT molecular complexity index is 915. The summed E-state index contributed by atoms with van der Waals surface area (Å²) in [5.41, 5.74) is 0. The van der Waals surface area contributed by atoms with E-state index in [9.17, 15) is 14.4 Å². The molecule has 0 aliphatic heterocycles. The summed E-state index contributed by atoms with van der Waals surface area (Å²) in [5.74, 6) is 0.650. The summed E-state index contributed by atoms with van der Waals surface area (Å²) in [5, 5.41) is 3.11. The Hall–Kier alpha value is -1.67. The van der Waals surface area contributed by atoms with Crippen LogP contribution in [0.3, 0.4) is 0 Å². The lowest BCUT2D eigenvalue weighted by Crippen LogP contribution is -2.33. The number of nitrogens with zero attached hydrogens (tertiary/aromatic N) is 2. The highest BCUT2D eigenvalue weighted by atomic mass is 16.5. The van der Waals surface area contributed by atoms with E-state index in [4.69, 9.17) is 9.47 Å². The van der Waals surface area contributed by atoms with Gasteiger partial charge in [-0.1, -0.05) is 181 Å². The Morgan fingerprint density at radius 3 is 1.33 bits per heavy atom. The van der Waals surface area contributed by atoms with Crippen LogP contribution in [0, 0.1) is 5.92 Å². The van der Waals surface area contributed by atoms with Gasteiger partial charge in [0.15, 0.2) is 0 Å². The molecule has 60 heavy (non-hydrogen) atoms. The Morgan fingerprint density at radius 2 is 0.850 bits per heavy atom. The number of hydrogen-bond donors (Lipinski definition) is 1. The van der Waals surface area contributed by atoms with Gasteiger partial charge in [-0.05, 0) is 91.0 Å². The maximum Gasteiger partial charge on any atom is 0.305 e. The number of carbonyl (C=O) groups is 3. The topological polar surface area (TPSA) is 88.2 Å². The minimum Gasteiger partial charge on any atom is -0.466 e. The SMILES string of the molecule is CCCCCCCCCC(=O)OCCCCCCCCN(CCCCCCCC(=O)OCC(CCCCCCCC)CCCCCCCC)CCC(=O)NCCCN(C)C. The second-order valence-corrected chi connectivity index (χ2v) is 18.5. The van der Waals surface area contributed by atoms with E-state index in [-0.39, 0.29) is 17.8 Å². The average Bonchev–Trinajstić information content (AvgIpc) is 3.23. The molecule has 0 bridgehead atoms. The first kappa shape index (κ1) is 58.3. The monoisotopic (exact) mass is 850 g/mol. The van der Waals surface area contributed by atoms with Gasteiger partial charge >= 0.3 is 11.9 Å². The first-order chi connectivity index (χ1) is 29.3. The molecule has 0 unspecified atom stereocenters. The van der Waals surface area contributed by atoms with Gasteiger partial charge in [-0.15, -0.1) is 0 Å². The zero-order valence-electron chi connectivity index (χ0n) is 40.9. The molecule has 1 amide bonds. The van der Waals surface area contributed by atoms with Gasteiger partial charge in [0.05, 0.1) is 13.2 Å². The zero-order valence-corrected chi connectivity index (χ0v) is 40.9. The number of unbranched alkanes of at least 4 members (excludes halogenated alkanes) is 25. The van der Waals surface area contributed by atoms with Gasteiger partial charge in [0.2, 0.25) is 5.91 Å². The lowest BCUT2D eigenvalue weighted by atomic mass is 9.94. The Kier molecular flexibility index (Phi) is 45.5. The fraction of sp³-hybridized carbons (Fsp3) is 0.942. The predicted molar refractivity (Wildman–Crippen MR) is 257 cm³/mol. The fourth-order valence-corrected chi connectivity index (χ4v) is 8.09. The second kappa shape index (κ2) is 46.8. The van der Waals surface area contributed by atoms with Crippen LogP contribution < -0.4 is 5.32 Å². The van der Waals surface area contributed by atoms with Crippen LogP contribution >= 0.6 is 0 Å². The van der Waals surface area contributed by atoms with Crippen LogP contribution in [0.15, 0.2) is 0 Å². The quantitative estimate of drug-likeness (QED) is 0.0482. The zero-order chi connectivity index (χ0) is 44.0. The molecule has 0 spiro atoms. The van der Waals surface area contributed by atoms with Gasteiger partial charge in [0, 0.05) is 32.4 Å². The molecule has 0 aliphatic rings. The molecular formula is C52H103N3O5. The van der Waals surface area contributed by atoms with Crippen molar-refractivity contribution in [2.24, 2.45) is 5.92 Å². The molecule has 8 nitrogen and oxygen atoms in total. The van der Waals surface area contributed by atoms with Crippen molar-refractivity contribution < 1.29 is 23.9 Å². The van der Waals surface area contributed by atoms with Crippen molar-refractivity contribution in [3.63, 3.8) is 0 Å². The van der Waals surface area contributed by atoms with E-state index < -0.39 is 0 Å². The third-order valence-corrected chi connectivity index (χ3v) is 12.1. The maximum absolute atomic E-state index is 12.7. The number of hydrogen-bond acceptors (Lipinski definition) is 7. The van der Waals surface area contributed by atoms with E-state index in [1.165, 1.54) is 141 Å². The number of rotatable bonds is 48. The Morgan fingerprint density at radius 1 is 0.433 bits per heavy atom. The number of ether oxygens (including phenoxy) is 2. The minimum atomic E-state index is -0.0259. The second-order valence-electron chi connectivity index (χ2n) is 18.5. The minimum absolute atomic E-state index is 0.00502. The summed E-state index contributed by atoms with van der Waals surface area (Å²) in [6, 6.07) is 0. The molecule has 0 saturated heterocycles. The first-order valence-electron chi connectivity index (χ1n) is 26.3. The van der Waals surface area contributed by atoms with Crippen molar-refractivity contribution in [1.29, 1.82) is 0 Å². The molecule has 0 radical (unpaired) electrons. The van der Waals surface area contributed by atoms with Crippen molar-refractivity contribution in [3.8, 4) is 0 Å². The summed E-state index contributed by atoms with van der Waals surface area (Å²) >= 11 is 0. The largest absolute Gasteiger partial charge is 0.466 e. The number of carbonyl (C=O) groups excluding carboxylic acids is 3. The molecule has 0 rings (SSSR count). The lowest BCUT2D eigenvalue weighted by Gasteiger charge is -2.22. The number of amides is 1. The summed E-state index contributed by atoms with van der Waals surface area (Å²) in [7, 11) is 4.13. The highest BCUT2D eigenvalue weighted by molar-refractivity contribution is 5.76. The van der Waals surface area contributed by atoms with Crippen molar-refractivity contribution in [2.45, 2.75) is 252 Å². The van der Waals surface area contributed by atoms with E-state index >= 15 is 0 Å². The highest BCUT2D eigenvalue weighted by Crippen LogP contribution is 2.21. The van der Waals surface area contributed by atoms with Crippen molar-refractivity contribution >= 4 is 17.8 Å². The normalized spacial score (nSPS) is 11.6. The van der Waals surface area contributed by atoms with Crippen LogP contribution in [0.5, 0.6) is 0 Å². The molecule has 0 saturated carbocycles. The molecule has 1 N–H and O–H groups in total. The molecule has 0 aromatic carbocycles. The summed E-state index contributed by atoms with van der Waals surface area (Å²) in [6.45, 7) is 12.6.